The minimum absolute atomic E-state index is 0.330. The van der Waals surface area contributed by atoms with Gasteiger partial charge in [-0.3, -0.25) is 4.90 Å². The molecule has 88 valence electrons. The van der Waals surface area contributed by atoms with Gasteiger partial charge in [-0.05, 0) is 43.0 Å². The van der Waals surface area contributed by atoms with Gasteiger partial charge in [0.2, 0.25) is 0 Å². The first-order chi connectivity index (χ1) is 7.78. The van der Waals surface area contributed by atoms with E-state index >= 15 is 0 Å². The maximum Gasteiger partial charge on any atom is 0.0434 e. The number of aliphatic hydroxyl groups excluding tert-OH is 1. The zero-order valence-corrected chi connectivity index (χ0v) is 11.0. The first-order valence-electron chi connectivity index (χ1n) is 5.85. The summed E-state index contributed by atoms with van der Waals surface area (Å²) in [5.41, 5.74) is 1.37. The summed E-state index contributed by atoms with van der Waals surface area (Å²) in [4.78, 5) is 2.48. The van der Waals surface area contributed by atoms with E-state index < -0.39 is 0 Å². The lowest BCUT2D eigenvalue weighted by Gasteiger charge is -2.15. The second kappa shape index (κ2) is 5.80. The van der Waals surface area contributed by atoms with E-state index in [1.54, 1.807) is 0 Å². The zero-order valence-electron chi connectivity index (χ0n) is 9.40. The van der Waals surface area contributed by atoms with Gasteiger partial charge >= 0.3 is 0 Å². The SMILES string of the molecule is OCCC1CCN(Cc2ccc(Br)cc2)C1. The van der Waals surface area contributed by atoms with Crippen molar-refractivity contribution in [2.75, 3.05) is 19.7 Å². The van der Waals surface area contributed by atoms with Crippen LogP contribution in [0.5, 0.6) is 0 Å². The summed E-state index contributed by atoms with van der Waals surface area (Å²) < 4.78 is 1.14. The summed E-state index contributed by atoms with van der Waals surface area (Å²) in [5, 5.41) is 8.91. The number of aliphatic hydroxyl groups is 1. The predicted molar refractivity (Wildman–Crippen MR) is 69.2 cm³/mol. The molecule has 2 nitrogen and oxygen atoms in total. The molecule has 1 heterocycles. The maximum atomic E-state index is 8.91. The minimum atomic E-state index is 0.330. The minimum Gasteiger partial charge on any atom is -0.396 e. The second-order valence-corrected chi connectivity index (χ2v) is 5.44. The van der Waals surface area contributed by atoms with E-state index in [2.05, 4.69) is 45.1 Å². The number of likely N-dealkylation sites (tertiary alicyclic amines) is 1. The van der Waals surface area contributed by atoms with Crippen LogP contribution in [-0.2, 0) is 6.54 Å². The van der Waals surface area contributed by atoms with Gasteiger partial charge in [-0.1, -0.05) is 28.1 Å². The average molecular weight is 284 g/mol. The van der Waals surface area contributed by atoms with Crippen molar-refractivity contribution in [1.29, 1.82) is 0 Å². The van der Waals surface area contributed by atoms with Crippen LogP contribution < -0.4 is 0 Å². The van der Waals surface area contributed by atoms with Crippen molar-refractivity contribution in [3.63, 3.8) is 0 Å². The molecule has 3 heteroatoms. The van der Waals surface area contributed by atoms with Gasteiger partial charge in [0.05, 0.1) is 0 Å². The Morgan fingerprint density at radius 3 is 2.75 bits per heavy atom. The van der Waals surface area contributed by atoms with Gasteiger partial charge in [0, 0.05) is 24.2 Å². The van der Waals surface area contributed by atoms with Gasteiger partial charge < -0.3 is 5.11 Å². The van der Waals surface area contributed by atoms with Crippen LogP contribution in [0.15, 0.2) is 28.7 Å². The Balaban J connectivity index is 1.84. The highest BCUT2D eigenvalue weighted by atomic mass is 79.9. The molecular weight excluding hydrogens is 266 g/mol. The van der Waals surface area contributed by atoms with Crippen LogP contribution in [0, 0.1) is 5.92 Å². The third-order valence-corrected chi connectivity index (χ3v) is 3.76. The summed E-state index contributed by atoms with van der Waals surface area (Å²) in [5.74, 6) is 0.695. The third kappa shape index (κ3) is 3.30. The van der Waals surface area contributed by atoms with Gasteiger partial charge in [0.1, 0.15) is 0 Å². The van der Waals surface area contributed by atoms with Crippen LogP contribution in [0.2, 0.25) is 0 Å². The largest absolute Gasteiger partial charge is 0.396 e. The molecule has 1 saturated heterocycles. The highest BCUT2D eigenvalue weighted by Gasteiger charge is 2.21. The molecule has 0 aliphatic carbocycles. The summed E-state index contributed by atoms with van der Waals surface area (Å²) >= 11 is 3.45. The number of halogens is 1. The van der Waals surface area contributed by atoms with Crippen LogP contribution in [0.3, 0.4) is 0 Å². The standard InChI is InChI=1S/C13H18BrNO/c14-13-3-1-11(2-4-13)9-15-7-5-12(10-15)6-8-16/h1-4,12,16H,5-10H2. The lowest BCUT2D eigenvalue weighted by atomic mass is 10.1. The van der Waals surface area contributed by atoms with Gasteiger partial charge in [0.15, 0.2) is 0 Å². The second-order valence-electron chi connectivity index (χ2n) is 4.53. The average Bonchev–Trinajstić information content (AvgIpc) is 2.70. The normalized spacial score (nSPS) is 21.5. The fourth-order valence-electron chi connectivity index (χ4n) is 2.32. The van der Waals surface area contributed by atoms with Crippen molar-refractivity contribution in [2.24, 2.45) is 5.92 Å². The number of hydrogen-bond acceptors (Lipinski definition) is 2. The number of benzene rings is 1. The van der Waals surface area contributed by atoms with E-state index in [-0.39, 0.29) is 0 Å². The molecule has 1 fully saturated rings. The van der Waals surface area contributed by atoms with Crippen molar-refractivity contribution in [3.8, 4) is 0 Å². The highest BCUT2D eigenvalue weighted by Crippen LogP contribution is 2.21. The van der Waals surface area contributed by atoms with E-state index in [0.29, 0.717) is 12.5 Å². The van der Waals surface area contributed by atoms with Crippen LogP contribution in [0.1, 0.15) is 18.4 Å². The molecule has 1 atom stereocenters. The molecule has 1 aliphatic rings. The highest BCUT2D eigenvalue weighted by molar-refractivity contribution is 9.10. The van der Waals surface area contributed by atoms with E-state index in [9.17, 15) is 0 Å². The number of hydrogen-bond donors (Lipinski definition) is 1. The van der Waals surface area contributed by atoms with E-state index in [1.165, 1.54) is 18.5 Å². The van der Waals surface area contributed by atoms with E-state index in [0.717, 1.165) is 24.0 Å². The molecule has 0 aromatic heterocycles. The smallest absolute Gasteiger partial charge is 0.0434 e. The number of rotatable bonds is 4. The Kier molecular flexibility index (Phi) is 4.38. The predicted octanol–water partition coefficient (Wildman–Crippen LogP) is 2.65. The first kappa shape index (κ1) is 12.1. The van der Waals surface area contributed by atoms with E-state index in [1.807, 2.05) is 0 Å². The molecule has 0 saturated carbocycles. The molecule has 0 bridgehead atoms. The molecule has 1 unspecified atom stereocenters. The van der Waals surface area contributed by atoms with Crippen molar-refractivity contribution >= 4 is 15.9 Å². The molecule has 0 radical (unpaired) electrons. The Morgan fingerprint density at radius 2 is 2.06 bits per heavy atom. The molecule has 1 aromatic carbocycles. The molecule has 2 rings (SSSR count). The van der Waals surface area contributed by atoms with Crippen molar-refractivity contribution in [2.45, 2.75) is 19.4 Å². The van der Waals surface area contributed by atoms with Crippen LogP contribution in [0.4, 0.5) is 0 Å². The topological polar surface area (TPSA) is 23.5 Å². The molecule has 1 N–H and O–H groups in total. The van der Waals surface area contributed by atoms with Crippen LogP contribution in [0.25, 0.3) is 0 Å². The Labute approximate surface area is 105 Å². The third-order valence-electron chi connectivity index (χ3n) is 3.23. The van der Waals surface area contributed by atoms with Gasteiger partial charge in [-0.25, -0.2) is 0 Å². The lowest BCUT2D eigenvalue weighted by Crippen LogP contribution is -2.20. The van der Waals surface area contributed by atoms with Crippen molar-refractivity contribution < 1.29 is 5.11 Å². The van der Waals surface area contributed by atoms with E-state index in [4.69, 9.17) is 5.11 Å². The van der Waals surface area contributed by atoms with Crippen LogP contribution >= 0.6 is 15.9 Å². The Hall–Kier alpha value is -0.380. The molecule has 1 aliphatic heterocycles. The summed E-state index contributed by atoms with van der Waals surface area (Å²) in [6.07, 6.45) is 2.19. The Bertz CT molecular complexity index is 325. The fraction of sp³-hybridized carbons (Fsp3) is 0.538. The lowest BCUT2D eigenvalue weighted by molar-refractivity contribution is 0.249. The molecule has 0 amide bonds. The summed E-state index contributed by atoms with van der Waals surface area (Å²) in [6, 6.07) is 8.53. The zero-order chi connectivity index (χ0) is 11.4. The Morgan fingerprint density at radius 1 is 1.31 bits per heavy atom. The van der Waals surface area contributed by atoms with Gasteiger partial charge in [0.25, 0.3) is 0 Å². The molecule has 0 spiro atoms. The van der Waals surface area contributed by atoms with Gasteiger partial charge in [-0.15, -0.1) is 0 Å². The summed E-state index contributed by atoms with van der Waals surface area (Å²) in [6.45, 7) is 3.67. The molecular formula is C13H18BrNO. The fourth-order valence-corrected chi connectivity index (χ4v) is 2.59. The molecule has 16 heavy (non-hydrogen) atoms. The van der Waals surface area contributed by atoms with Crippen molar-refractivity contribution in [3.05, 3.63) is 34.3 Å². The summed E-state index contributed by atoms with van der Waals surface area (Å²) in [7, 11) is 0. The van der Waals surface area contributed by atoms with Crippen molar-refractivity contribution in [1.82, 2.24) is 4.90 Å². The monoisotopic (exact) mass is 283 g/mol. The maximum absolute atomic E-state index is 8.91. The van der Waals surface area contributed by atoms with Gasteiger partial charge in [-0.2, -0.15) is 0 Å². The van der Waals surface area contributed by atoms with Crippen LogP contribution in [-0.4, -0.2) is 29.7 Å². The quantitative estimate of drug-likeness (QED) is 0.919. The first-order valence-corrected chi connectivity index (χ1v) is 6.65. The molecule has 1 aromatic rings. The number of nitrogens with zero attached hydrogens (tertiary/aromatic N) is 1.